The van der Waals surface area contributed by atoms with Crippen LogP contribution in [0.3, 0.4) is 0 Å². The van der Waals surface area contributed by atoms with Gasteiger partial charge in [0.2, 0.25) is 0 Å². The molecule has 1 atom stereocenters. The largest absolute Gasteiger partial charge is 0.504 e. The van der Waals surface area contributed by atoms with E-state index in [1.807, 2.05) is 0 Å². The summed E-state index contributed by atoms with van der Waals surface area (Å²) < 4.78 is 17.8. The van der Waals surface area contributed by atoms with Crippen LogP contribution in [0.25, 0.3) is 0 Å². The standard InChI is InChI=1S/C10H14FNO3/c1-12-5-8(13)6-3-4-7(11)10(15-2)9(6)14/h3-4,8,12-14H,5H2,1-2H3. The highest BCUT2D eigenvalue weighted by atomic mass is 19.1. The molecule has 0 saturated heterocycles. The van der Waals surface area contributed by atoms with Gasteiger partial charge in [-0.05, 0) is 19.2 Å². The Bertz CT molecular complexity index is 344. The summed E-state index contributed by atoms with van der Waals surface area (Å²) in [6.45, 7) is 0.266. The Hall–Kier alpha value is -1.33. The Morgan fingerprint density at radius 1 is 1.53 bits per heavy atom. The van der Waals surface area contributed by atoms with Crippen molar-refractivity contribution in [1.82, 2.24) is 5.32 Å². The maximum absolute atomic E-state index is 13.1. The van der Waals surface area contributed by atoms with Crippen LogP contribution in [0.15, 0.2) is 12.1 Å². The number of phenolic OH excluding ortho intramolecular Hbond substituents is 1. The van der Waals surface area contributed by atoms with Gasteiger partial charge in [0.15, 0.2) is 17.3 Å². The monoisotopic (exact) mass is 215 g/mol. The lowest BCUT2D eigenvalue weighted by Gasteiger charge is -2.14. The molecule has 0 amide bonds. The molecule has 3 N–H and O–H groups in total. The van der Waals surface area contributed by atoms with Crippen LogP contribution >= 0.6 is 0 Å². The van der Waals surface area contributed by atoms with Gasteiger partial charge in [-0.25, -0.2) is 4.39 Å². The molecule has 0 saturated carbocycles. The SMILES string of the molecule is CNCC(O)c1ccc(F)c(OC)c1O. The fourth-order valence-corrected chi connectivity index (χ4v) is 1.33. The maximum atomic E-state index is 13.1. The molecule has 4 nitrogen and oxygen atoms in total. The normalized spacial score (nSPS) is 12.5. The van der Waals surface area contributed by atoms with E-state index in [0.29, 0.717) is 0 Å². The average molecular weight is 215 g/mol. The molecule has 84 valence electrons. The number of hydrogen-bond donors (Lipinski definition) is 3. The number of aliphatic hydroxyl groups excluding tert-OH is 1. The van der Waals surface area contributed by atoms with E-state index in [2.05, 4.69) is 10.1 Å². The summed E-state index contributed by atoms with van der Waals surface area (Å²) in [6.07, 6.45) is -0.899. The van der Waals surface area contributed by atoms with Crippen LogP contribution in [-0.2, 0) is 0 Å². The molecule has 0 aliphatic heterocycles. The zero-order chi connectivity index (χ0) is 11.4. The zero-order valence-electron chi connectivity index (χ0n) is 8.62. The number of rotatable bonds is 4. The van der Waals surface area contributed by atoms with Gasteiger partial charge in [-0.1, -0.05) is 0 Å². The quantitative estimate of drug-likeness (QED) is 0.695. The van der Waals surface area contributed by atoms with Crippen LogP contribution in [-0.4, -0.2) is 30.9 Å². The summed E-state index contributed by atoms with van der Waals surface area (Å²) in [7, 11) is 2.92. The molecule has 15 heavy (non-hydrogen) atoms. The molecule has 1 aromatic carbocycles. The lowest BCUT2D eigenvalue weighted by Crippen LogP contribution is -2.17. The number of hydrogen-bond acceptors (Lipinski definition) is 4. The van der Waals surface area contributed by atoms with Gasteiger partial charge in [-0.15, -0.1) is 0 Å². The summed E-state index contributed by atoms with van der Waals surface area (Å²) in [5, 5.41) is 22.0. The number of methoxy groups -OCH3 is 1. The predicted molar refractivity (Wildman–Crippen MR) is 53.5 cm³/mol. The number of halogens is 1. The topological polar surface area (TPSA) is 61.7 Å². The number of phenols is 1. The number of ether oxygens (including phenoxy) is 1. The summed E-state index contributed by atoms with van der Waals surface area (Å²) in [5.41, 5.74) is 0.239. The van der Waals surface area contributed by atoms with Gasteiger partial charge >= 0.3 is 0 Å². The van der Waals surface area contributed by atoms with Crippen LogP contribution in [0.4, 0.5) is 4.39 Å². The second-order valence-electron chi connectivity index (χ2n) is 3.09. The van der Waals surface area contributed by atoms with Gasteiger partial charge in [0.1, 0.15) is 0 Å². The molecule has 0 spiro atoms. The summed E-state index contributed by atoms with van der Waals surface area (Å²) in [4.78, 5) is 0. The molecule has 0 radical (unpaired) electrons. The van der Waals surface area contributed by atoms with Gasteiger partial charge in [0.05, 0.1) is 13.2 Å². The van der Waals surface area contributed by atoms with Crippen molar-refractivity contribution in [2.45, 2.75) is 6.10 Å². The number of likely N-dealkylation sites (N-methyl/N-ethyl adjacent to an activating group) is 1. The predicted octanol–water partition coefficient (Wildman–Crippen LogP) is 0.793. The molecule has 0 aliphatic rings. The van der Waals surface area contributed by atoms with E-state index in [0.717, 1.165) is 6.07 Å². The van der Waals surface area contributed by atoms with Crippen LogP contribution in [0.5, 0.6) is 11.5 Å². The smallest absolute Gasteiger partial charge is 0.196 e. The van der Waals surface area contributed by atoms with Crippen molar-refractivity contribution in [2.75, 3.05) is 20.7 Å². The lowest BCUT2D eigenvalue weighted by molar-refractivity contribution is 0.172. The van der Waals surface area contributed by atoms with E-state index in [9.17, 15) is 14.6 Å². The van der Waals surface area contributed by atoms with Gasteiger partial charge in [0.25, 0.3) is 0 Å². The molecule has 0 bridgehead atoms. The zero-order valence-corrected chi connectivity index (χ0v) is 8.62. The van der Waals surface area contributed by atoms with Crippen molar-refractivity contribution in [3.8, 4) is 11.5 Å². The number of nitrogens with one attached hydrogen (secondary N) is 1. The molecule has 1 rings (SSSR count). The molecular weight excluding hydrogens is 201 g/mol. The summed E-state index contributed by atoms with van der Waals surface area (Å²) >= 11 is 0. The third-order valence-corrected chi connectivity index (χ3v) is 2.08. The Kier molecular flexibility index (Phi) is 3.88. The molecule has 0 fully saturated rings. The van der Waals surface area contributed by atoms with E-state index in [1.54, 1.807) is 7.05 Å². The molecule has 1 aromatic rings. The Morgan fingerprint density at radius 3 is 2.73 bits per heavy atom. The van der Waals surface area contributed by atoms with Crippen molar-refractivity contribution >= 4 is 0 Å². The maximum Gasteiger partial charge on any atom is 0.196 e. The second kappa shape index (κ2) is 4.95. The molecule has 0 aliphatic carbocycles. The fourth-order valence-electron chi connectivity index (χ4n) is 1.33. The summed E-state index contributed by atoms with van der Waals surface area (Å²) in [6, 6.07) is 2.47. The third kappa shape index (κ3) is 2.37. The molecule has 0 heterocycles. The molecule has 1 unspecified atom stereocenters. The second-order valence-corrected chi connectivity index (χ2v) is 3.09. The molecular formula is C10H14FNO3. The van der Waals surface area contributed by atoms with Crippen molar-refractivity contribution < 1.29 is 19.3 Å². The average Bonchev–Trinajstić information content (AvgIpc) is 2.18. The van der Waals surface area contributed by atoms with Crippen molar-refractivity contribution in [1.29, 1.82) is 0 Å². The van der Waals surface area contributed by atoms with Crippen molar-refractivity contribution in [3.63, 3.8) is 0 Å². The fraction of sp³-hybridized carbons (Fsp3) is 0.400. The van der Waals surface area contributed by atoms with E-state index in [4.69, 9.17) is 0 Å². The first-order chi connectivity index (χ1) is 7.11. The van der Waals surface area contributed by atoms with E-state index >= 15 is 0 Å². The molecule has 0 aromatic heterocycles. The van der Waals surface area contributed by atoms with Gasteiger partial charge in [0, 0.05) is 12.1 Å². The van der Waals surface area contributed by atoms with Gasteiger partial charge in [-0.2, -0.15) is 0 Å². The first kappa shape index (κ1) is 11.7. The first-order valence-electron chi connectivity index (χ1n) is 4.49. The minimum absolute atomic E-state index is 0.239. The van der Waals surface area contributed by atoms with Gasteiger partial charge in [-0.3, -0.25) is 0 Å². The van der Waals surface area contributed by atoms with E-state index in [-0.39, 0.29) is 23.6 Å². The van der Waals surface area contributed by atoms with Crippen LogP contribution < -0.4 is 10.1 Å². The summed E-state index contributed by atoms with van der Waals surface area (Å²) in [5.74, 6) is -1.27. The van der Waals surface area contributed by atoms with Crippen molar-refractivity contribution in [2.24, 2.45) is 0 Å². The third-order valence-electron chi connectivity index (χ3n) is 2.08. The minimum atomic E-state index is -0.899. The minimum Gasteiger partial charge on any atom is -0.504 e. The van der Waals surface area contributed by atoms with Gasteiger partial charge < -0.3 is 20.3 Å². The molecule has 5 heteroatoms. The Morgan fingerprint density at radius 2 is 2.20 bits per heavy atom. The highest BCUT2D eigenvalue weighted by Crippen LogP contribution is 2.35. The Balaban J connectivity index is 3.09. The van der Waals surface area contributed by atoms with E-state index in [1.165, 1.54) is 13.2 Å². The number of benzene rings is 1. The lowest BCUT2D eigenvalue weighted by atomic mass is 10.1. The highest BCUT2D eigenvalue weighted by Gasteiger charge is 2.18. The number of aliphatic hydroxyl groups is 1. The van der Waals surface area contributed by atoms with E-state index < -0.39 is 11.9 Å². The van der Waals surface area contributed by atoms with Crippen LogP contribution in [0.1, 0.15) is 11.7 Å². The first-order valence-corrected chi connectivity index (χ1v) is 4.49. The Labute approximate surface area is 87.3 Å². The highest BCUT2D eigenvalue weighted by molar-refractivity contribution is 5.47. The van der Waals surface area contributed by atoms with Crippen LogP contribution in [0.2, 0.25) is 0 Å². The van der Waals surface area contributed by atoms with Crippen LogP contribution in [0, 0.1) is 5.82 Å². The van der Waals surface area contributed by atoms with Crippen molar-refractivity contribution in [3.05, 3.63) is 23.5 Å². The number of aromatic hydroxyl groups is 1.